The van der Waals surface area contributed by atoms with Gasteiger partial charge in [0.25, 0.3) is 0 Å². The highest BCUT2D eigenvalue weighted by Gasteiger charge is 2.47. The molecule has 2 atom stereocenters. The van der Waals surface area contributed by atoms with Crippen LogP contribution >= 0.6 is 23.2 Å². The van der Waals surface area contributed by atoms with E-state index in [0.29, 0.717) is 22.2 Å². The summed E-state index contributed by atoms with van der Waals surface area (Å²) in [6, 6.07) is 3.55. The van der Waals surface area contributed by atoms with Gasteiger partial charge in [-0.05, 0) is 18.6 Å². The van der Waals surface area contributed by atoms with Crippen LogP contribution in [0.3, 0.4) is 0 Å². The number of anilines is 2. The zero-order chi connectivity index (χ0) is 12.8. The number of hydrogen-bond donors (Lipinski definition) is 3. The molecule has 2 unspecified atom stereocenters. The number of aliphatic hydroxyl groups excluding tert-OH is 1. The zero-order valence-electron chi connectivity index (χ0n) is 9.80. The summed E-state index contributed by atoms with van der Waals surface area (Å²) >= 11 is 11.8. The van der Waals surface area contributed by atoms with Gasteiger partial charge in [0, 0.05) is 11.5 Å². The lowest BCUT2D eigenvalue weighted by molar-refractivity contribution is -0.0510. The predicted molar refractivity (Wildman–Crippen MR) is 72.7 cm³/mol. The molecule has 1 aromatic rings. The van der Waals surface area contributed by atoms with E-state index in [0.717, 1.165) is 5.69 Å². The third-order valence-corrected chi connectivity index (χ3v) is 4.36. The van der Waals surface area contributed by atoms with Crippen molar-refractivity contribution in [1.82, 2.24) is 0 Å². The number of rotatable bonds is 2. The minimum absolute atomic E-state index is 0.154. The van der Waals surface area contributed by atoms with Gasteiger partial charge in [0.2, 0.25) is 0 Å². The Hall–Kier alpha value is -0.640. The first-order valence-electron chi connectivity index (χ1n) is 5.51. The van der Waals surface area contributed by atoms with E-state index in [-0.39, 0.29) is 17.6 Å². The van der Waals surface area contributed by atoms with Gasteiger partial charge in [0.15, 0.2) is 0 Å². The summed E-state index contributed by atoms with van der Waals surface area (Å²) in [4.78, 5) is 0. The fourth-order valence-electron chi connectivity index (χ4n) is 2.02. The van der Waals surface area contributed by atoms with E-state index in [9.17, 15) is 5.11 Å². The Kier molecular flexibility index (Phi) is 3.19. The van der Waals surface area contributed by atoms with Crippen molar-refractivity contribution in [3.05, 3.63) is 22.2 Å². The van der Waals surface area contributed by atoms with E-state index in [1.807, 2.05) is 13.8 Å². The van der Waals surface area contributed by atoms with Crippen molar-refractivity contribution >= 4 is 34.6 Å². The highest BCUT2D eigenvalue weighted by molar-refractivity contribution is 6.42. The Morgan fingerprint density at radius 3 is 2.47 bits per heavy atom. The fourth-order valence-corrected chi connectivity index (χ4v) is 2.36. The normalized spacial score (nSPS) is 26.4. The third-order valence-electron chi connectivity index (χ3n) is 3.64. The number of nitrogen functional groups attached to an aromatic ring is 1. The van der Waals surface area contributed by atoms with Gasteiger partial charge in [0.1, 0.15) is 0 Å². The molecule has 1 fully saturated rings. The van der Waals surface area contributed by atoms with Gasteiger partial charge in [-0.15, -0.1) is 0 Å². The highest BCUT2D eigenvalue weighted by atomic mass is 35.5. The second kappa shape index (κ2) is 4.23. The molecule has 0 saturated heterocycles. The van der Waals surface area contributed by atoms with Crippen LogP contribution in [0.5, 0.6) is 0 Å². The Labute approximate surface area is 111 Å². The van der Waals surface area contributed by atoms with Crippen LogP contribution in [0.1, 0.15) is 20.3 Å². The number of nitrogens with one attached hydrogen (secondary N) is 1. The number of aliphatic hydroxyl groups is 1. The Bertz CT molecular complexity index is 448. The summed E-state index contributed by atoms with van der Waals surface area (Å²) in [5.74, 6) is 0. The Balaban J connectivity index is 2.18. The van der Waals surface area contributed by atoms with E-state index < -0.39 is 0 Å². The van der Waals surface area contributed by atoms with Crippen molar-refractivity contribution in [1.29, 1.82) is 0 Å². The van der Waals surface area contributed by atoms with Crippen molar-refractivity contribution in [2.45, 2.75) is 32.4 Å². The topological polar surface area (TPSA) is 58.3 Å². The summed E-state index contributed by atoms with van der Waals surface area (Å²) in [5.41, 5.74) is 7.05. The van der Waals surface area contributed by atoms with E-state index >= 15 is 0 Å². The summed E-state index contributed by atoms with van der Waals surface area (Å²) < 4.78 is 0. The van der Waals surface area contributed by atoms with Crippen LogP contribution in [-0.4, -0.2) is 17.3 Å². The van der Waals surface area contributed by atoms with Gasteiger partial charge in [-0.25, -0.2) is 0 Å². The van der Waals surface area contributed by atoms with Gasteiger partial charge in [-0.2, -0.15) is 0 Å². The Morgan fingerprint density at radius 1 is 1.35 bits per heavy atom. The lowest BCUT2D eigenvalue weighted by Gasteiger charge is -2.50. The lowest BCUT2D eigenvalue weighted by atomic mass is 9.64. The molecule has 4 N–H and O–H groups in total. The molecule has 2 rings (SSSR count). The van der Waals surface area contributed by atoms with Gasteiger partial charge < -0.3 is 16.2 Å². The highest BCUT2D eigenvalue weighted by Crippen LogP contribution is 2.43. The number of nitrogens with two attached hydrogens (primary N) is 1. The molecule has 0 heterocycles. The minimum atomic E-state index is -0.274. The molecular formula is C12H16Cl2N2O. The molecule has 0 aromatic heterocycles. The first-order chi connectivity index (χ1) is 7.82. The van der Waals surface area contributed by atoms with Gasteiger partial charge in [-0.3, -0.25) is 0 Å². The zero-order valence-corrected chi connectivity index (χ0v) is 11.3. The smallest absolute Gasteiger partial charge is 0.0630 e. The van der Waals surface area contributed by atoms with Crippen LogP contribution in [-0.2, 0) is 0 Å². The molecule has 0 aliphatic heterocycles. The van der Waals surface area contributed by atoms with Crippen LogP contribution in [0.25, 0.3) is 0 Å². The predicted octanol–water partition coefficient (Wildman–Crippen LogP) is 3.15. The average molecular weight is 275 g/mol. The van der Waals surface area contributed by atoms with Crippen LogP contribution in [0.2, 0.25) is 10.0 Å². The van der Waals surface area contributed by atoms with E-state index in [4.69, 9.17) is 28.9 Å². The molecule has 0 spiro atoms. The SMILES string of the molecule is CC1(C)C(O)CC1Nc1cc(Cl)c(Cl)cc1N. The summed E-state index contributed by atoms with van der Waals surface area (Å²) in [7, 11) is 0. The third kappa shape index (κ3) is 2.19. The molecule has 1 aliphatic rings. The standard InChI is InChI=1S/C12H16Cl2N2O/c1-12(2)10(5-11(12)17)16-9-4-7(14)6(13)3-8(9)15/h3-4,10-11,16-17H,5,15H2,1-2H3. The average Bonchev–Trinajstić information content (AvgIpc) is 2.25. The monoisotopic (exact) mass is 274 g/mol. The maximum Gasteiger partial charge on any atom is 0.0630 e. The Morgan fingerprint density at radius 2 is 1.94 bits per heavy atom. The first kappa shape index (κ1) is 12.8. The molecule has 1 saturated carbocycles. The maximum atomic E-state index is 9.67. The van der Waals surface area contributed by atoms with Crippen molar-refractivity contribution in [3.8, 4) is 0 Å². The number of hydrogen-bond acceptors (Lipinski definition) is 3. The molecule has 17 heavy (non-hydrogen) atoms. The molecule has 0 amide bonds. The van der Waals surface area contributed by atoms with Gasteiger partial charge in [-0.1, -0.05) is 37.0 Å². The molecule has 5 heteroatoms. The van der Waals surface area contributed by atoms with Gasteiger partial charge >= 0.3 is 0 Å². The molecule has 1 aliphatic carbocycles. The fraction of sp³-hybridized carbons (Fsp3) is 0.500. The van der Waals surface area contributed by atoms with E-state index in [2.05, 4.69) is 5.32 Å². The van der Waals surface area contributed by atoms with Crippen molar-refractivity contribution in [2.24, 2.45) is 5.41 Å². The van der Waals surface area contributed by atoms with Crippen LogP contribution < -0.4 is 11.1 Å². The summed E-state index contributed by atoms with van der Waals surface area (Å²) in [6.45, 7) is 4.04. The van der Waals surface area contributed by atoms with Crippen LogP contribution in [0.4, 0.5) is 11.4 Å². The lowest BCUT2D eigenvalue weighted by Crippen LogP contribution is -2.56. The summed E-state index contributed by atoms with van der Waals surface area (Å²) in [5, 5.41) is 13.9. The quantitative estimate of drug-likeness (QED) is 0.727. The largest absolute Gasteiger partial charge is 0.397 e. The van der Waals surface area contributed by atoms with E-state index in [1.165, 1.54) is 0 Å². The molecule has 0 bridgehead atoms. The van der Waals surface area contributed by atoms with Gasteiger partial charge in [0.05, 0.1) is 27.5 Å². The second-order valence-corrected chi connectivity index (χ2v) is 5.94. The minimum Gasteiger partial charge on any atom is -0.397 e. The van der Waals surface area contributed by atoms with E-state index in [1.54, 1.807) is 12.1 Å². The van der Waals surface area contributed by atoms with Crippen molar-refractivity contribution < 1.29 is 5.11 Å². The number of halogens is 2. The van der Waals surface area contributed by atoms with Crippen LogP contribution in [0.15, 0.2) is 12.1 Å². The second-order valence-electron chi connectivity index (χ2n) is 5.12. The maximum absolute atomic E-state index is 9.67. The molecule has 3 nitrogen and oxygen atoms in total. The molecular weight excluding hydrogens is 259 g/mol. The van der Waals surface area contributed by atoms with Crippen LogP contribution in [0, 0.1) is 5.41 Å². The number of benzene rings is 1. The molecule has 1 aromatic carbocycles. The first-order valence-corrected chi connectivity index (χ1v) is 6.27. The molecule has 94 valence electrons. The molecule has 0 radical (unpaired) electrons. The van der Waals surface area contributed by atoms with Crippen molar-refractivity contribution in [2.75, 3.05) is 11.1 Å². The van der Waals surface area contributed by atoms with Crippen molar-refractivity contribution in [3.63, 3.8) is 0 Å². The summed E-state index contributed by atoms with van der Waals surface area (Å²) in [6.07, 6.45) is 0.441.